The minimum absolute atomic E-state index is 0.0597. The summed E-state index contributed by atoms with van der Waals surface area (Å²) in [6, 6.07) is 16.7. The van der Waals surface area contributed by atoms with Gasteiger partial charge in [-0.15, -0.1) is 0 Å². The first-order chi connectivity index (χ1) is 13.4. The number of carbonyl (C=O) groups is 2. The number of ether oxygens (including phenoxy) is 1. The SMILES string of the molecule is CC(C)C(NC(=O)Cn1ccc2cc(OCc3ccccc3)ccc21)C(=O)O. The number of hydrogen-bond donors (Lipinski definition) is 2. The van der Waals surface area contributed by atoms with Crippen LogP contribution in [-0.2, 0) is 22.7 Å². The molecule has 0 saturated carbocycles. The number of fused-ring (bicyclic) bond motifs is 1. The maximum atomic E-state index is 12.3. The Bertz CT molecular complexity index is 963. The quantitative estimate of drug-likeness (QED) is 0.627. The number of amides is 1. The molecule has 0 spiro atoms. The highest BCUT2D eigenvalue weighted by Crippen LogP contribution is 2.23. The Morgan fingerprint density at radius 1 is 1.11 bits per heavy atom. The van der Waals surface area contributed by atoms with E-state index >= 15 is 0 Å². The van der Waals surface area contributed by atoms with Crippen molar-refractivity contribution in [2.75, 3.05) is 0 Å². The second-order valence-electron chi connectivity index (χ2n) is 7.07. The Morgan fingerprint density at radius 2 is 1.86 bits per heavy atom. The summed E-state index contributed by atoms with van der Waals surface area (Å²) in [7, 11) is 0. The first-order valence-corrected chi connectivity index (χ1v) is 9.22. The molecule has 6 heteroatoms. The van der Waals surface area contributed by atoms with E-state index in [-0.39, 0.29) is 18.4 Å². The van der Waals surface area contributed by atoms with E-state index < -0.39 is 12.0 Å². The van der Waals surface area contributed by atoms with Crippen molar-refractivity contribution in [2.24, 2.45) is 5.92 Å². The predicted molar refractivity (Wildman–Crippen MR) is 107 cm³/mol. The minimum Gasteiger partial charge on any atom is -0.489 e. The third kappa shape index (κ3) is 4.71. The molecular weight excluding hydrogens is 356 g/mol. The monoisotopic (exact) mass is 380 g/mol. The lowest BCUT2D eigenvalue weighted by atomic mass is 10.1. The fourth-order valence-corrected chi connectivity index (χ4v) is 3.03. The third-order valence-electron chi connectivity index (χ3n) is 4.55. The molecule has 3 rings (SSSR count). The molecule has 0 aliphatic rings. The van der Waals surface area contributed by atoms with E-state index in [0.717, 1.165) is 22.2 Å². The summed E-state index contributed by atoms with van der Waals surface area (Å²) >= 11 is 0. The first kappa shape index (κ1) is 19.5. The van der Waals surface area contributed by atoms with E-state index in [1.54, 1.807) is 18.4 Å². The summed E-state index contributed by atoms with van der Waals surface area (Å²) in [4.78, 5) is 23.5. The Labute approximate surface area is 163 Å². The topological polar surface area (TPSA) is 80.6 Å². The fraction of sp³-hybridized carbons (Fsp3) is 0.273. The van der Waals surface area contributed by atoms with Crippen molar-refractivity contribution in [3.63, 3.8) is 0 Å². The molecule has 1 aromatic heterocycles. The van der Waals surface area contributed by atoms with Gasteiger partial charge in [-0.25, -0.2) is 4.79 Å². The number of nitrogens with one attached hydrogen (secondary N) is 1. The Hall–Kier alpha value is -3.28. The van der Waals surface area contributed by atoms with Crippen molar-refractivity contribution >= 4 is 22.8 Å². The molecule has 0 fully saturated rings. The maximum absolute atomic E-state index is 12.3. The molecule has 1 heterocycles. The third-order valence-corrected chi connectivity index (χ3v) is 4.55. The molecule has 1 atom stereocenters. The molecule has 0 aliphatic carbocycles. The molecule has 2 aromatic carbocycles. The highest BCUT2D eigenvalue weighted by Gasteiger charge is 2.23. The molecule has 0 aliphatic heterocycles. The fourth-order valence-electron chi connectivity index (χ4n) is 3.03. The van der Waals surface area contributed by atoms with Gasteiger partial charge in [-0.1, -0.05) is 44.2 Å². The Balaban J connectivity index is 1.67. The van der Waals surface area contributed by atoms with Gasteiger partial charge in [0.25, 0.3) is 0 Å². The molecule has 1 unspecified atom stereocenters. The van der Waals surface area contributed by atoms with Crippen LogP contribution in [0.15, 0.2) is 60.8 Å². The Morgan fingerprint density at radius 3 is 2.54 bits per heavy atom. The van der Waals surface area contributed by atoms with E-state index in [0.29, 0.717) is 6.61 Å². The van der Waals surface area contributed by atoms with Gasteiger partial charge in [0.15, 0.2) is 0 Å². The van der Waals surface area contributed by atoms with Gasteiger partial charge >= 0.3 is 5.97 Å². The number of aromatic nitrogens is 1. The van der Waals surface area contributed by atoms with Crippen LogP contribution >= 0.6 is 0 Å². The van der Waals surface area contributed by atoms with Crippen molar-refractivity contribution in [3.8, 4) is 5.75 Å². The smallest absolute Gasteiger partial charge is 0.326 e. The second kappa shape index (κ2) is 8.61. The molecule has 28 heavy (non-hydrogen) atoms. The lowest BCUT2D eigenvalue weighted by molar-refractivity contribution is -0.143. The number of carboxylic acid groups (broad SMARTS) is 1. The molecular formula is C22H24N2O4. The van der Waals surface area contributed by atoms with Gasteiger partial charge in [0, 0.05) is 17.1 Å². The first-order valence-electron chi connectivity index (χ1n) is 9.22. The normalized spacial score (nSPS) is 12.1. The van der Waals surface area contributed by atoms with Gasteiger partial charge in [-0.05, 0) is 35.7 Å². The van der Waals surface area contributed by atoms with Crippen LogP contribution in [0.3, 0.4) is 0 Å². The molecule has 0 saturated heterocycles. The van der Waals surface area contributed by atoms with Gasteiger partial charge in [0.1, 0.15) is 24.9 Å². The summed E-state index contributed by atoms with van der Waals surface area (Å²) in [5.74, 6) is -0.791. The van der Waals surface area contributed by atoms with E-state index in [1.165, 1.54) is 0 Å². The predicted octanol–water partition coefficient (Wildman–Crippen LogP) is 3.45. The van der Waals surface area contributed by atoms with Crippen molar-refractivity contribution in [1.29, 1.82) is 0 Å². The highest BCUT2D eigenvalue weighted by atomic mass is 16.5. The zero-order valence-electron chi connectivity index (χ0n) is 16.0. The van der Waals surface area contributed by atoms with Crippen LogP contribution in [-0.4, -0.2) is 27.6 Å². The average molecular weight is 380 g/mol. The number of hydrogen-bond acceptors (Lipinski definition) is 3. The van der Waals surface area contributed by atoms with Crippen molar-refractivity contribution in [2.45, 2.75) is 33.0 Å². The van der Waals surface area contributed by atoms with Crippen LogP contribution in [0.2, 0.25) is 0 Å². The molecule has 146 valence electrons. The number of carboxylic acids is 1. The van der Waals surface area contributed by atoms with Crippen molar-refractivity contribution < 1.29 is 19.4 Å². The average Bonchev–Trinajstić information content (AvgIpc) is 3.07. The van der Waals surface area contributed by atoms with Gasteiger partial charge in [0.05, 0.1) is 0 Å². The largest absolute Gasteiger partial charge is 0.489 e. The maximum Gasteiger partial charge on any atom is 0.326 e. The van der Waals surface area contributed by atoms with E-state index in [9.17, 15) is 14.7 Å². The van der Waals surface area contributed by atoms with Crippen molar-refractivity contribution in [1.82, 2.24) is 9.88 Å². The zero-order chi connectivity index (χ0) is 20.1. The van der Waals surface area contributed by atoms with Crippen LogP contribution in [0.1, 0.15) is 19.4 Å². The molecule has 6 nitrogen and oxygen atoms in total. The van der Waals surface area contributed by atoms with Crippen molar-refractivity contribution in [3.05, 3.63) is 66.4 Å². The molecule has 0 bridgehead atoms. The molecule has 1 amide bonds. The van der Waals surface area contributed by atoms with E-state index in [2.05, 4.69) is 5.32 Å². The lowest BCUT2D eigenvalue weighted by Crippen LogP contribution is -2.45. The summed E-state index contributed by atoms with van der Waals surface area (Å²) in [5, 5.41) is 12.8. The molecule has 0 radical (unpaired) electrons. The van der Waals surface area contributed by atoms with Gasteiger partial charge in [-0.3, -0.25) is 4.79 Å². The number of nitrogens with zero attached hydrogens (tertiary/aromatic N) is 1. The molecule has 3 aromatic rings. The van der Waals surface area contributed by atoms with Crippen LogP contribution < -0.4 is 10.1 Å². The summed E-state index contributed by atoms with van der Waals surface area (Å²) < 4.78 is 7.64. The Kier molecular flexibility index (Phi) is 5.99. The number of benzene rings is 2. The standard InChI is InChI=1S/C22H24N2O4/c1-15(2)21(22(26)27)23-20(25)13-24-11-10-17-12-18(8-9-19(17)24)28-14-16-6-4-3-5-7-16/h3-12,15,21H,13-14H2,1-2H3,(H,23,25)(H,26,27). The zero-order valence-corrected chi connectivity index (χ0v) is 16.0. The van der Waals surface area contributed by atoms with Gasteiger partial charge in [0.2, 0.25) is 5.91 Å². The summed E-state index contributed by atoms with van der Waals surface area (Å²) in [5.41, 5.74) is 1.98. The highest BCUT2D eigenvalue weighted by molar-refractivity contribution is 5.86. The van der Waals surface area contributed by atoms with Gasteiger partial charge in [-0.2, -0.15) is 0 Å². The minimum atomic E-state index is -1.03. The lowest BCUT2D eigenvalue weighted by Gasteiger charge is -2.18. The number of carbonyl (C=O) groups excluding carboxylic acids is 1. The second-order valence-corrected chi connectivity index (χ2v) is 7.07. The van der Waals surface area contributed by atoms with Crippen LogP contribution in [0.4, 0.5) is 0 Å². The van der Waals surface area contributed by atoms with Crippen LogP contribution in [0.25, 0.3) is 10.9 Å². The van der Waals surface area contributed by atoms with E-state index in [1.807, 2.05) is 60.8 Å². The van der Waals surface area contributed by atoms with Gasteiger partial charge < -0.3 is 19.7 Å². The van der Waals surface area contributed by atoms with Crippen LogP contribution in [0.5, 0.6) is 5.75 Å². The number of aliphatic carboxylic acids is 1. The van der Waals surface area contributed by atoms with E-state index in [4.69, 9.17) is 4.74 Å². The van der Waals surface area contributed by atoms with Crippen LogP contribution in [0, 0.1) is 5.92 Å². The number of rotatable bonds is 8. The summed E-state index contributed by atoms with van der Waals surface area (Å²) in [6.07, 6.45) is 1.82. The summed E-state index contributed by atoms with van der Waals surface area (Å²) in [6.45, 7) is 4.08. The molecule has 2 N–H and O–H groups in total.